The summed E-state index contributed by atoms with van der Waals surface area (Å²) in [7, 11) is 1.63. The lowest BCUT2D eigenvalue weighted by atomic mass is 10.2. The van der Waals surface area contributed by atoms with E-state index >= 15 is 0 Å². The predicted molar refractivity (Wildman–Crippen MR) is 84.4 cm³/mol. The van der Waals surface area contributed by atoms with E-state index in [2.05, 4.69) is 5.32 Å². The number of rotatable bonds is 6. The lowest BCUT2D eigenvalue weighted by Crippen LogP contribution is -2.15. The smallest absolute Gasteiger partial charge is 0.169 e. The number of hydrogen-bond donors (Lipinski definition) is 1. The highest BCUT2D eigenvalue weighted by atomic mass is 35.5. The third kappa shape index (κ3) is 3.49. The van der Waals surface area contributed by atoms with Crippen LogP contribution in [0.1, 0.15) is 18.4 Å². The quantitative estimate of drug-likeness (QED) is 0.858. The van der Waals surface area contributed by atoms with Crippen molar-refractivity contribution < 1.29 is 9.47 Å². The summed E-state index contributed by atoms with van der Waals surface area (Å²) in [5, 5.41) is 4.09. The summed E-state index contributed by atoms with van der Waals surface area (Å²) >= 11 is 6.31. The van der Waals surface area contributed by atoms with Crippen LogP contribution in [0.15, 0.2) is 42.5 Å². The second-order valence-corrected chi connectivity index (χ2v) is 5.54. The maximum atomic E-state index is 6.31. The fourth-order valence-electron chi connectivity index (χ4n) is 2.16. The van der Waals surface area contributed by atoms with Crippen molar-refractivity contribution in [3.05, 3.63) is 53.1 Å². The Labute approximate surface area is 129 Å². The number of benzene rings is 2. The van der Waals surface area contributed by atoms with E-state index in [9.17, 15) is 0 Å². The molecular weight excluding hydrogens is 286 g/mol. The molecule has 1 aliphatic carbocycles. The molecule has 0 atom stereocenters. The number of nitrogens with one attached hydrogen (secondary N) is 1. The van der Waals surface area contributed by atoms with Crippen LogP contribution in [0.25, 0.3) is 0 Å². The molecule has 1 N–H and O–H groups in total. The molecule has 0 spiro atoms. The molecule has 4 heteroatoms. The first kappa shape index (κ1) is 14.2. The molecule has 2 aromatic carbocycles. The summed E-state index contributed by atoms with van der Waals surface area (Å²) in [6, 6.07) is 14.0. The van der Waals surface area contributed by atoms with Crippen molar-refractivity contribution in [3.8, 4) is 17.2 Å². The molecule has 0 unspecified atom stereocenters. The average molecular weight is 304 g/mol. The Morgan fingerprint density at radius 3 is 2.57 bits per heavy atom. The average Bonchev–Trinajstić information content (AvgIpc) is 3.32. The SMILES string of the molecule is COc1ccccc1Oc1c(Cl)cccc1CNC1CC1. The summed E-state index contributed by atoms with van der Waals surface area (Å²) in [5.41, 5.74) is 1.06. The van der Waals surface area contributed by atoms with Gasteiger partial charge in [-0.05, 0) is 31.0 Å². The minimum atomic E-state index is 0.607. The van der Waals surface area contributed by atoms with Crippen molar-refractivity contribution in [3.63, 3.8) is 0 Å². The van der Waals surface area contributed by atoms with Gasteiger partial charge in [0.2, 0.25) is 0 Å². The van der Waals surface area contributed by atoms with Gasteiger partial charge >= 0.3 is 0 Å². The Balaban J connectivity index is 1.85. The largest absolute Gasteiger partial charge is 0.493 e. The van der Waals surface area contributed by atoms with Crippen molar-refractivity contribution >= 4 is 11.6 Å². The van der Waals surface area contributed by atoms with Gasteiger partial charge in [0.1, 0.15) is 0 Å². The molecule has 0 bridgehead atoms. The second-order valence-electron chi connectivity index (χ2n) is 5.14. The van der Waals surface area contributed by atoms with Gasteiger partial charge in [-0.3, -0.25) is 0 Å². The molecule has 1 fully saturated rings. The Morgan fingerprint density at radius 1 is 1.10 bits per heavy atom. The van der Waals surface area contributed by atoms with Gasteiger partial charge < -0.3 is 14.8 Å². The molecule has 0 aliphatic heterocycles. The van der Waals surface area contributed by atoms with Crippen LogP contribution in [0, 0.1) is 0 Å². The summed E-state index contributed by atoms with van der Waals surface area (Å²) in [4.78, 5) is 0. The van der Waals surface area contributed by atoms with Gasteiger partial charge in [0.25, 0.3) is 0 Å². The summed E-state index contributed by atoms with van der Waals surface area (Å²) in [5.74, 6) is 2.05. The zero-order valence-corrected chi connectivity index (χ0v) is 12.7. The van der Waals surface area contributed by atoms with Crippen LogP contribution < -0.4 is 14.8 Å². The lowest BCUT2D eigenvalue weighted by molar-refractivity contribution is 0.377. The molecular formula is C17H18ClNO2. The maximum absolute atomic E-state index is 6.31. The number of methoxy groups -OCH3 is 1. The van der Waals surface area contributed by atoms with Crippen molar-refractivity contribution in [1.82, 2.24) is 5.32 Å². The normalized spacial score (nSPS) is 14.0. The minimum absolute atomic E-state index is 0.607. The first-order valence-electron chi connectivity index (χ1n) is 7.09. The molecule has 0 saturated heterocycles. The molecule has 2 aromatic rings. The van der Waals surface area contributed by atoms with Crippen LogP contribution >= 0.6 is 11.6 Å². The molecule has 3 rings (SSSR count). The number of halogens is 1. The first-order chi connectivity index (χ1) is 10.3. The highest BCUT2D eigenvalue weighted by Gasteiger charge is 2.21. The van der Waals surface area contributed by atoms with Crippen LogP contribution in [-0.4, -0.2) is 13.2 Å². The van der Waals surface area contributed by atoms with Gasteiger partial charge in [0.05, 0.1) is 12.1 Å². The Hall–Kier alpha value is -1.71. The molecule has 0 amide bonds. The van der Waals surface area contributed by atoms with E-state index in [1.54, 1.807) is 7.11 Å². The van der Waals surface area contributed by atoms with Crippen molar-refractivity contribution in [2.45, 2.75) is 25.4 Å². The van der Waals surface area contributed by atoms with Gasteiger partial charge in [-0.25, -0.2) is 0 Å². The Kier molecular flexibility index (Phi) is 4.32. The van der Waals surface area contributed by atoms with Crippen LogP contribution in [0.5, 0.6) is 17.2 Å². The fourth-order valence-corrected chi connectivity index (χ4v) is 2.39. The van der Waals surface area contributed by atoms with Crippen molar-refractivity contribution in [2.24, 2.45) is 0 Å². The summed E-state index contributed by atoms with van der Waals surface area (Å²) < 4.78 is 11.3. The van der Waals surface area contributed by atoms with Gasteiger partial charge in [-0.1, -0.05) is 35.9 Å². The standard InChI is InChI=1S/C17H18ClNO2/c1-20-15-7-2-3-8-16(15)21-17-12(5-4-6-14(17)18)11-19-13-9-10-13/h2-8,13,19H,9-11H2,1H3. The van der Waals surface area contributed by atoms with Crippen LogP contribution in [-0.2, 0) is 6.54 Å². The molecule has 0 aromatic heterocycles. The van der Waals surface area contributed by atoms with E-state index in [-0.39, 0.29) is 0 Å². The maximum Gasteiger partial charge on any atom is 0.169 e. The molecule has 110 valence electrons. The Morgan fingerprint density at radius 2 is 1.86 bits per heavy atom. The number of ether oxygens (including phenoxy) is 2. The monoisotopic (exact) mass is 303 g/mol. The summed E-state index contributed by atoms with van der Waals surface area (Å²) in [6.07, 6.45) is 2.51. The van der Waals surface area contributed by atoms with E-state index in [1.165, 1.54) is 12.8 Å². The van der Waals surface area contributed by atoms with E-state index < -0.39 is 0 Å². The molecule has 21 heavy (non-hydrogen) atoms. The highest BCUT2D eigenvalue weighted by molar-refractivity contribution is 6.32. The van der Waals surface area contributed by atoms with Gasteiger partial charge in [0, 0.05) is 18.2 Å². The van der Waals surface area contributed by atoms with Crippen molar-refractivity contribution in [2.75, 3.05) is 7.11 Å². The molecule has 3 nitrogen and oxygen atoms in total. The number of para-hydroxylation sites is 3. The van der Waals surface area contributed by atoms with Crippen molar-refractivity contribution in [1.29, 1.82) is 0 Å². The Bertz CT molecular complexity index is 626. The van der Waals surface area contributed by atoms with Gasteiger partial charge in [-0.2, -0.15) is 0 Å². The molecule has 1 saturated carbocycles. The zero-order chi connectivity index (χ0) is 14.7. The minimum Gasteiger partial charge on any atom is -0.493 e. The first-order valence-corrected chi connectivity index (χ1v) is 7.47. The van der Waals surface area contributed by atoms with Crippen LogP contribution in [0.3, 0.4) is 0 Å². The van der Waals surface area contributed by atoms with E-state index in [1.807, 2.05) is 42.5 Å². The van der Waals surface area contributed by atoms with Gasteiger partial charge in [-0.15, -0.1) is 0 Å². The van der Waals surface area contributed by atoms with E-state index in [4.69, 9.17) is 21.1 Å². The van der Waals surface area contributed by atoms with E-state index in [0.717, 1.165) is 12.1 Å². The highest BCUT2D eigenvalue weighted by Crippen LogP contribution is 2.37. The second kappa shape index (κ2) is 6.37. The predicted octanol–water partition coefficient (Wildman–Crippen LogP) is 4.39. The molecule has 0 radical (unpaired) electrons. The lowest BCUT2D eigenvalue weighted by Gasteiger charge is -2.15. The summed E-state index contributed by atoms with van der Waals surface area (Å²) in [6.45, 7) is 0.760. The molecule has 1 aliphatic rings. The third-order valence-corrected chi connectivity index (χ3v) is 3.79. The van der Waals surface area contributed by atoms with Gasteiger partial charge in [0.15, 0.2) is 17.2 Å². The van der Waals surface area contributed by atoms with E-state index in [0.29, 0.717) is 28.3 Å². The molecule has 0 heterocycles. The van der Waals surface area contributed by atoms with Crippen LogP contribution in [0.2, 0.25) is 5.02 Å². The number of hydrogen-bond acceptors (Lipinski definition) is 3. The zero-order valence-electron chi connectivity index (χ0n) is 11.9. The fraction of sp³-hybridized carbons (Fsp3) is 0.294. The van der Waals surface area contributed by atoms with Crippen LogP contribution in [0.4, 0.5) is 0 Å². The third-order valence-electron chi connectivity index (χ3n) is 3.49. The topological polar surface area (TPSA) is 30.5 Å².